The number of fused-ring (bicyclic) bond motifs is 5. The molecule has 0 saturated heterocycles. The molecule has 9 rings (SSSR count). The summed E-state index contributed by atoms with van der Waals surface area (Å²) in [5.74, 6) is 0. The van der Waals surface area contributed by atoms with E-state index in [1.807, 2.05) is 0 Å². The number of anilines is 3. The van der Waals surface area contributed by atoms with Gasteiger partial charge in [0, 0.05) is 38.6 Å². The van der Waals surface area contributed by atoms with Crippen LogP contribution in [-0.2, 0) is 0 Å². The van der Waals surface area contributed by atoms with Gasteiger partial charge in [0.2, 0.25) is 0 Å². The number of rotatable bonds is 5. The molecule has 2 nitrogen and oxygen atoms in total. The third kappa shape index (κ3) is 4.41. The monoisotopic (exact) mass is 600 g/mol. The van der Waals surface area contributed by atoms with Crippen LogP contribution in [0.25, 0.3) is 60.2 Å². The molecule has 0 N–H and O–H groups in total. The Hall–Kier alpha value is -6.12. The SMILES string of the molecule is Cc1ccc2c(-c3ccccc3)c3ccccc3c(N(c3ccccc3)c3ccc(-n4c5ccccc5c5ccccc54)cc3)c2c1. The average Bonchev–Trinajstić information content (AvgIpc) is 3.47. The number of hydrogen-bond acceptors (Lipinski definition) is 1. The Bertz CT molecular complexity index is 2510. The van der Waals surface area contributed by atoms with Crippen molar-refractivity contribution in [2.24, 2.45) is 0 Å². The molecule has 0 aliphatic carbocycles. The van der Waals surface area contributed by atoms with E-state index in [0.717, 1.165) is 17.1 Å². The van der Waals surface area contributed by atoms with Gasteiger partial charge in [0.15, 0.2) is 0 Å². The number of para-hydroxylation sites is 3. The van der Waals surface area contributed by atoms with Gasteiger partial charge in [-0.2, -0.15) is 0 Å². The second kappa shape index (κ2) is 11.0. The molecule has 0 unspecified atom stereocenters. The first kappa shape index (κ1) is 27.2. The minimum Gasteiger partial charge on any atom is -0.309 e. The van der Waals surface area contributed by atoms with Crippen LogP contribution in [0.1, 0.15) is 5.56 Å². The summed E-state index contributed by atoms with van der Waals surface area (Å²) in [5.41, 5.74) is 10.7. The lowest BCUT2D eigenvalue weighted by molar-refractivity contribution is 1.17. The van der Waals surface area contributed by atoms with Crippen LogP contribution < -0.4 is 4.90 Å². The topological polar surface area (TPSA) is 8.17 Å². The van der Waals surface area contributed by atoms with Crippen molar-refractivity contribution in [2.75, 3.05) is 4.90 Å². The molecule has 2 heteroatoms. The summed E-state index contributed by atoms with van der Waals surface area (Å²) in [4.78, 5) is 2.44. The third-order valence-corrected chi connectivity index (χ3v) is 9.40. The summed E-state index contributed by atoms with van der Waals surface area (Å²) in [7, 11) is 0. The molecule has 8 aromatic carbocycles. The van der Waals surface area contributed by atoms with Crippen molar-refractivity contribution < 1.29 is 0 Å². The van der Waals surface area contributed by atoms with Crippen molar-refractivity contribution in [3.8, 4) is 16.8 Å². The van der Waals surface area contributed by atoms with Gasteiger partial charge in [-0.1, -0.05) is 127 Å². The van der Waals surface area contributed by atoms with E-state index >= 15 is 0 Å². The number of benzene rings is 8. The maximum atomic E-state index is 2.44. The number of aromatic nitrogens is 1. The standard InChI is InChI=1S/C45H32N2/c1-31-24-29-39-41(30-31)45(40-21-9-8-20-38(40)44(39)32-14-4-2-5-15-32)46(33-16-6-3-7-17-33)34-25-27-35(28-26-34)47-42-22-12-10-18-36(42)37-19-11-13-23-43(37)47/h2-30H,1H3. The van der Waals surface area contributed by atoms with Gasteiger partial charge in [-0.25, -0.2) is 0 Å². The highest BCUT2D eigenvalue weighted by atomic mass is 15.1. The van der Waals surface area contributed by atoms with E-state index in [0.29, 0.717) is 0 Å². The number of aryl methyl sites for hydroxylation is 1. The Morgan fingerprint density at radius 2 is 0.915 bits per heavy atom. The van der Waals surface area contributed by atoms with Gasteiger partial charge in [-0.15, -0.1) is 0 Å². The minimum absolute atomic E-state index is 1.11. The van der Waals surface area contributed by atoms with Gasteiger partial charge in [-0.3, -0.25) is 0 Å². The lowest BCUT2D eigenvalue weighted by Gasteiger charge is -2.30. The molecule has 0 amide bonds. The van der Waals surface area contributed by atoms with E-state index < -0.39 is 0 Å². The van der Waals surface area contributed by atoms with Gasteiger partial charge in [0.05, 0.1) is 16.7 Å². The van der Waals surface area contributed by atoms with Crippen LogP contribution in [0.2, 0.25) is 0 Å². The largest absolute Gasteiger partial charge is 0.309 e. The van der Waals surface area contributed by atoms with E-state index in [1.54, 1.807) is 0 Å². The van der Waals surface area contributed by atoms with Crippen molar-refractivity contribution in [3.63, 3.8) is 0 Å². The molecule has 47 heavy (non-hydrogen) atoms. The molecule has 0 bridgehead atoms. The lowest BCUT2D eigenvalue weighted by Crippen LogP contribution is -2.11. The van der Waals surface area contributed by atoms with Crippen LogP contribution in [0.3, 0.4) is 0 Å². The van der Waals surface area contributed by atoms with Gasteiger partial charge >= 0.3 is 0 Å². The maximum Gasteiger partial charge on any atom is 0.0618 e. The predicted octanol–water partition coefficient (Wildman–Crippen LogP) is 12.5. The molecular weight excluding hydrogens is 569 g/mol. The quantitative estimate of drug-likeness (QED) is 0.178. The second-order valence-corrected chi connectivity index (χ2v) is 12.2. The Kier molecular flexibility index (Phi) is 6.39. The number of hydrogen-bond donors (Lipinski definition) is 0. The summed E-state index contributed by atoms with van der Waals surface area (Å²) in [5, 5.41) is 7.48. The van der Waals surface area contributed by atoms with E-state index in [4.69, 9.17) is 0 Å². The van der Waals surface area contributed by atoms with Gasteiger partial charge in [0.1, 0.15) is 0 Å². The lowest BCUT2D eigenvalue weighted by atomic mass is 9.89. The fourth-order valence-electron chi connectivity index (χ4n) is 7.36. The summed E-state index contributed by atoms with van der Waals surface area (Å²) < 4.78 is 2.38. The molecule has 0 fully saturated rings. The van der Waals surface area contributed by atoms with E-state index in [9.17, 15) is 0 Å². The fourth-order valence-corrected chi connectivity index (χ4v) is 7.36. The zero-order chi connectivity index (χ0) is 31.3. The summed E-state index contributed by atoms with van der Waals surface area (Å²) in [6, 6.07) is 63.8. The summed E-state index contributed by atoms with van der Waals surface area (Å²) in [6.45, 7) is 2.19. The summed E-state index contributed by atoms with van der Waals surface area (Å²) >= 11 is 0. The molecule has 9 aromatic rings. The fraction of sp³-hybridized carbons (Fsp3) is 0.0222. The zero-order valence-electron chi connectivity index (χ0n) is 26.1. The molecule has 222 valence electrons. The predicted molar refractivity (Wildman–Crippen MR) is 201 cm³/mol. The van der Waals surface area contributed by atoms with Gasteiger partial charge in [-0.05, 0) is 83.4 Å². The first-order chi connectivity index (χ1) is 23.3. The first-order valence-electron chi connectivity index (χ1n) is 16.2. The van der Waals surface area contributed by atoms with Gasteiger partial charge in [0.25, 0.3) is 0 Å². The Labute approximate surface area is 274 Å². The minimum atomic E-state index is 1.11. The average molecular weight is 601 g/mol. The first-order valence-corrected chi connectivity index (χ1v) is 16.2. The summed E-state index contributed by atoms with van der Waals surface area (Å²) in [6.07, 6.45) is 0. The molecule has 1 heterocycles. The molecular formula is C45H32N2. The van der Waals surface area contributed by atoms with Crippen LogP contribution in [0, 0.1) is 6.92 Å². The van der Waals surface area contributed by atoms with E-state index in [2.05, 4.69) is 192 Å². The number of nitrogens with zero attached hydrogens (tertiary/aromatic N) is 2. The van der Waals surface area contributed by atoms with Crippen LogP contribution in [-0.4, -0.2) is 4.57 Å². The second-order valence-electron chi connectivity index (χ2n) is 12.2. The molecule has 0 aliphatic rings. The highest BCUT2D eigenvalue weighted by molar-refractivity contribution is 6.22. The molecule has 0 spiro atoms. The van der Waals surface area contributed by atoms with Crippen LogP contribution >= 0.6 is 0 Å². The highest BCUT2D eigenvalue weighted by Gasteiger charge is 2.22. The van der Waals surface area contributed by atoms with E-state index in [1.165, 1.54) is 65.7 Å². The smallest absolute Gasteiger partial charge is 0.0618 e. The van der Waals surface area contributed by atoms with Crippen molar-refractivity contribution >= 4 is 60.4 Å². The van der Waals surface area contributed by atoms with Crippen molar-refractivity contribution in [3.05, 3.63) is 181 Å². The molecule has 0 saturated carbocycles. The highest BCUT2D eigenvalue weighted by Crippen LogP contribution is 2.48. The Morgan fingerprint density at radius 3 is 1.57 bits per heavy atom. The molecule has 1 aromatic heterocycles. The zero-order valence-corrected chi connectivity index (χ0v) is 26.1. The van der Waals surface area contributed by atoms with Crippen molar-refractivity contribution in [1.82, 2.24) is 4.57 Å². The molecule has 0 radical (unpaired) electrons. The van der Waals surface area contributed by atoms with E-state index in [-0.39, 0.29) is 0 Å². The molecule has 0 atom stereocenters. The Morgan fingerprint density at radius 1 is 0.404 bits per heavy atom. The maximum absolute atomic E-state index is 2.44. The van der Waals surface area contributed by atoms with Crippen LogP contribution in [0.5, 0.6) is 0 Å². The third-order valence-electron chi connectivity index (χ3n) is 9.40. The van der Waals surface area contributed by atoms with Crippen molar-refractivity contribution in [1.29, 1.82) is 0 Å². The van der Waals surface area contributed by atoms with Gasteiger partial charge < -0.3 is 9.47 Å². The van der Waals surface area contributed by atoms with Crippen LogP contribution in [0.4, 0.5) is 17.1 Å². The van der Waals surface area contributed by atoms with Crippen LogP contribution in [0.15, 0.2) is 176 Å². The van der Waals surface area contributed by atoms with Crippen molar-refractivity contribution in [2.45, 2.75) is 6.92 Å². The Balaban J connectivity index is 1.31. The molecule has 0 aliphatic heterocycles. The normalized spacial score (nSPS) is 11.5.